The van der Waals surface area contributed by atoms with Gasteiger partial charge in [0, 0.05) is 52.1 Å². The van der Waals surface area contributed by atoms with Gasteiger partial charge in [-0.15, -0.1) is 0 Å². The van der Waals surface area contributed by atoms with Crippen molar-refractivity contribution in [3.8, 4) is 23.1 Å². The van der Waals surface area contributed by atoms with Crippen LogP contribution in [0.1, 0.15) is 81.8 Å². The number of aromatic nitrogens is 3. The number of piperidine rings is 1. The van der Waals surface area contributed by atoms with Crippen molar-refractivity contribution in [3.05, 3.63) is 28.0 Å². The summed E-state index contributed by atoms with van der Waals surface area (Å²) in [5, 5.41) is 20.1. The number of nitrogens with zero attached hydrogens (tertiary/aromatic N) is 5. The summed E-state index contributed by atoms with van der Waals surface area (Å²) in [6.45, 7) is 4.61. The van der Waals surface area contributed by atoms with E-state index in [0.29, 0.717) is 59.4 Å². The first-order valence-electron chi connectivity index (χ1n) is 18.9. The molecule has 5 fully saturated rings. The molecule has 16 heteroatoms. The number of β-amino-alcohol motifs (C(OH)–C–C–N with tert-alkyl or cyclic N) is 1. The number of nitrogen functional groups attached to an aromatic ring is 1. The number of pyridine rings is 1. The molecule has 2 saturated carbocycles. The average molecular weight is 990 g/mol. The molecule has 1 unspecified atom stereocenters. The Morgan fingerprint density at radius 1 is 1.19 bits per heavy atom. The average Bonchev–Trinajstić information content (AvgIpc) is 3.91. The molecule has 5 heterocycles. The standard InChI is InChI=1S/C38H47ClFI2N7O5/c1-20-13-22(14-27(41)54-20)49-10-4-9-37(8-3-5-26(37)49)18-53-36-46-33-30(34(47-36)48-11-12-52-19-38(42,50)17-48)35(51-2)45-32(31(33)40)29-23(16-43)25(44)15-24(39)28(29)21-6-7-21/h15-16,20-22,26-27,43,50H,3-14,17-19,44H2,1-2H3/t20-,22+,26-,27-,37?,38+/m1/s1. The fourth-order valence-corrected chi connectivity index (χ4v) is 11.6. The van der Waals surface area contributed by atoms with Gasteiger partial charge in [-0.2, -0.15) is 9.97 Å². The minimum atomic E-state index is -1.23. The van der Waals surface area contributed by atoms with E-state index in [9.17, 15) is 5.11 Å². The van der Waals surface area contributed by atoms with E-state index in [1.165, 1.54) is 7.11 Å². The number of anilines is 2. The third-order valence-electron chi connectivity index (χ3n) is 12.0. The Hall–Kier alpha value is -1.90. The van der Waals surface area contributed by atoms with E-state index < -0.39 is 9.43 Å². The number of ether oxygens (including phenoxy) is 4. The number of fused-ring (bicyclic) bond motifs is 2. The molecule has 6 atom stereocenters. The molecule has 2 aromatic heterocycles. The highest BCUT2D eigenvalue weighted by atomic mass is 127. The van der Waals surface area contributed by atoms with Crippen LogP contribution in [0.2, 0.25) is 5.02 Å². The van der Waals surface area contributed by atoms with Crippen molar-refractivity contribution in [2.24, 2.45) is 5.41 Å². The lowest BCUT2D eigenvalue weighted by Gasteiger charge is -2.51. The van der Waals surface area contributed by atoms with E-state index in [4.69, 9.17) is 56.6 Å². The lowest BCUT2D eigenvalue weighted by molar-refractivity contribution is -0.0747. The zero-order valence-corrected chi connectivity index (χ0v) is 35.6. The largest absolute Gasteiger partial charge is 0.480 e. The normalized spacial score (nSPS) is 30.6. The van der Waals surface area contributed by atoms with Crippen molar-refractivity contribution in [1.82, 2.24) is 19.9 Å². The summed E-state index contributed by atoms with van der Waals surface area (Å²) in [6, 6.07) is 2.49. The molecule has 3 aromatic rings. The first kappa shape index (κ1) is 38.9. The van der Waals surface area contributed by atoms with Gasteiger partial charge in [-0.25, -0.2) is 9.37 Å². The fourth-order valence-electron chi connectivity index (χ4n) is 9.51. The van der Waals surface area contributed by atoms with Crippen molar-refractivity contribution in [2.75, 3.05) is 57.2 Å². The van der Waals surface area contributed by atoms with Gasteiger partial charge in [-0.1, -0.05) is 40.6 Å². The molecule has 1 aromatic carbocycles. The van der Waals surface area contributed by atoms with Crippen LogP contribution >= 0.6 is 56.8 Å². The molecule has 3 aliphatic heterocycles. The molecule has 4 N–H and O–H groups in total. The zero-order chi connectivity index (χ0) is 37.9. The Morgan fingerprint density at radius 3 is 2.72 bits per heavy atom. The SMILES string of the molecule is COc1nc(-c2c(C=N)c(N)cc(Cl)c2C2CC2)c(F)c2nc(OCC34CCC[C@H]3N([C@H]3C[C@@H](C)O[C@@H](I)C3)CCC4)nc(N3CCOC[C@](O)(I)C3)c12. The summed E-state index contributed by atoms with van der Waals surface area (Å²) in [7, 11) is 1.47. The van der Waals surface area contributed by atoms with Crippen LogP contribution in [0.4, 0.5) is 15.9 Å². The molecule has 0 bridgehead atoms. The minimum Gasteiger partial charge on any atom is -0.480 e. The number of hydrogen-bond acceptors (Lipinski definition) is 12. The van der Waals surface area contributed by atoms with Gasteiger partial charge in [0.25, 0.3) is 0 Å². The predicted octanol–water partition coefficient (Wildman–Crippen LogP) is 7.25. The second-order valence-electron chi connectivity index (χ2n) is 15.7. The Morgan fingerprint density at radius 2 is 1.98 bits per heavy atom. The molecule has 8 rings (SSSR count). The lowest BCUT2D eigenvalue weighted by Crippen LogP contribution is -2.57. The predicted molar refractivity (Wildman–Crippen MR) is 223 cm³/mol. The first-order chi connectivity index (χ1) is 25.9. The molecule has 12 nitrogen and oxygen atoms in total. The molecule has 5 aliphatic rings. The highest BCUT2D eigenvalue weighted by Gasteiger charge is 2.51. The summed E-state index contributed by atoms with van der Waals surface area (Å²) in [5.74, 6) is -0.197. The summed E-state index contributed by atoms with van der Waals surface area (Å²) >= 11 is 11.2. The molecule has 0 amide bonds. The van der Waals surface area contributed by atoms with Crippen LogP contribution in [0.15, 0.2) is 6.07 Å². The van der Waals surface area contributed by atoms with Crippen LogP contribution in [-0.2, 0) is 9.47 Å². The van der Waals surface area contributed by atoms with Crippen molar-refractivity contribution in [1.29, 1.82) is 5.41 Å². The number of nitrogens with two attached hydrogens (primary N) is 1. The van der Waals surface area contributed by atoms with Crippen molar-refractivity contribution >= 4 is 85.4 Å². The smallest absolute Gasteiger partial charge is 0.319 e. The van der Waals surface area contributed by atoms with Crippen LogP contribution < -0.4 is 20.1 Å². The molecule has 292 valence electrons. The van der Waals surface area contributed by atoms with Gasteiger partial charge in [0.15, 0.2) is 9.43 Å². The van der Waals surface area contributed by atoms with Crippen LogP contribution in [0.5, 0.6) is 11.9 Å². The second kappa shape index (κ2) is 15.5. The summed E-state index contributed by atoms with van der Waals surface area (Å²) in [4.78, 5) is 19.1. The highest BCUT2D eigenvalue weighted by Crippen LogP contribution is 2.52. The van der Waals surface area contributed by atoms with E-state index in [2.05, 4.69) is 34.4 Å². The van der Waals surface area contributed by atoms with E-state index in [1.807, 2.05) is 27.5 Å². The van der Waals surface area contributed by atoms with Gasteiger partial charge in [0.05, 0.1) is 39.6 Å². The van der Waals surface area contributed by atoms with Gasteiger partial charge < -0.3 is 40.1 Å². The van der Waals surface area contributed by atoms with Gasteiger partial charge in [0.2, 0.25) is 5.88 Å². The molecule has 0 radical (unpaired) electrons. The van der Waals surface area contributed by atoms with Gasteiger partial charge in [-0.3, -0.25) is 4.90 Å². The number of nitrogens with one attached hydrogen (secondary N) is 1. The van der Waals surface area contributed by atoms with Crippen LogP contribution in [0.3, 0.4) is 0 Å². The summed E-state index contributed by atoms with van der Waals surface area (Å²) in [5.41, 5.74) is 7.88. The topological polar surface area (TPSA) is 152 Å². The van der Waals surface area contributed by atoms with Crippen molar-refractivity contribution < 1.29 is 28.4 Å². The van der Waals surface area contributed by atoms with E-state index >= 15 is 4.39 Å². The van der Waals surface area contributed by atoms with Crippen LogP contribution in [-0.4, -0.2) is 104 Å². The number of hydrogen-bond donors (Lipinski definition) is 3. The number of benzene rings is 1. The van der Waals surface area contributed by atoms with E-state index in [-0.39, 0.29) is 68.9 Å². The minimum absolute atomic E-state index is 0.0368. The Bertz CT molecular complexity index is 1930. The van der Waals surface area contributed by atoms with E-state index in [1.54, 1.807) is 6.07 Å². The monoisotopic (exact) mass is 989 g/mol. The Kier molecular flexibility index (Phi) is 11.1. The Labute approximate surface area is 347 Å². The number of rotatable bonds is 9. The molecular formula is C38H47ClFI2N7O5. The number of likely N-dealkylation sites (tertiary alicyclic amines) is 1. The van der Waals surface area contributed by atoms with Gasteiger partial charge in [0.1, 0.15) is 26.5 Å². The fraction of sp³-hybridized carbons (Fsp3) is 0.632. The number of alkyl halides is 2. The van der Waals surface area contributed by atoms with Crippen LogP contribution in [0.25, 0.3) is 22.2 Å². The number of halogens is 4. The molecule has 54 heavy (non-hydrogen) atoms. The lowest BCUT2D eigenvalue weighted by atomic mass is 9.74. The zero-order valence-electron chi connectivity index (χ0n) is 30.6. The molecule has 3 saturated heterocycles. The maximum Gasteiger partial charge on any atom is 0.319 e. The van der Waals surface area contributed by atoms with Gasteiger partial charge in [-0.05, 0) is 105 Å². The van der Waals surface area contributed by atoms with Crippen molar-refractivity contribution in [2.45, 2.75) is 96.5 Å². The number of aliphatic hydroxyl groups is 1. The third kappa shape index (κ3) is 7.36. The van der Waals surface area contributed by atoms with Crippen molar-refractivity contribution in [3.63, 3.8) is 0 Å². The Balaban J connectivity index is 1.24. The maximum atomic E-state index is 17.5. The molecule has 2 aliphatic carbocycles. The second-order valence-corrected chi connectivity index (χ2v) is 19.5. The maximum absolute atomic E-state index is 17.5. The molecular weight excluding hydrogens is 943 g/mol. The highest BCUT2D eigenvalue weighted by molar-refractivity contribution is 14.1. The summed E-state index contributed by atoms with van der Waals surface area (Å²) < 4.78 is 40.8. The summed E-state index contributed by atoms with van der Waals surface area (Å²) in [6.07, 6.45) is 10.5. The first-order valence-corrected chi connectivity index (χ1v) is 21.6. The quantitative estimate of drug-likeness (QED) is 0.0861. The van der Waals surface area contributed by atoms with E-state index in [0.717, 1.165) is 70.5 Å². The van der Waals surface area contributed by atoms with Crippen LogP contribution in [0, 0.1) is 16.6 Å². The third-order valence-corrected chi connectivity index (χ3v) is 13.7. The molecule has 0 spiro atoms. The van der Waals surface area contributed by atoms with Gasteiger partial charge >= 0.3 is 6.01 Å². The number of methoxy groups -OCH3 is 1.